The van der Waals surface area contributed by atoms with Crippen LogP contribution in [-0.2, 0) is 6.42 Å². The summed E-state index contributed by atoms with van der Waals surface area (Å²) in [5, 5.41) is 3.08. The van der Waals surface area contributed by atoms with Crippen molar-refractivity contribution in [3.63, 3.8) is 0 Å². The first-order valence-corrected chi connectivity index (χ1v) is 13.6. The maximum absolute atomic E-state index is 7.37. The molecule has 2 atom stereocenters. The molecule has 0 aromatic heterocycles. The molecule has 6 rings (SSSR count). The summed E-state index contributed by atoms with van der Waals surface area (Å²) < 4.78 is 0. The van der Waals surface area contributed by atoms with Crippen molar-refractivity contribution in [3.8, 4) is 11.1 Å². The number of halogens is 1. The Morgan fingerprint density at radius 2 is 1.82 bits per heavy atom. The van der Waals surface area contributed by atoms with Gasteiger partial charge in [-0.05, 0) is 68.7 Å². The average molecular weight is 399 g/mol. The molecular formula is C26H23ClSi. The summed E-state index contributed by atoms with van der Waals surface area (Å²) in [6, 6.07) is 21.5. The van der Waals surface area contributed by atoms with E-state index in [1.807, 2.05) is 0 Å². The molecule has 0 saturated carbocycles. The van der Waals surface area contributed by atoms with Gasteiger partial charge in [-0.15, -0.1) is 0 Å². The van der Waals surface area contributed by atoms with E-state index in [-0.39, 0.29) is 0 Å². The van der Waals surface area contributed by atoms with Crippen molar-refractivity contribution < 1.29 is 0 Å². The van der Waals surface area contributed by atoms with Gasteiger partial charge in [0.15, 0.2) is 0 Å². The van der Waals surface area contributed by atoms with E-state index < -0.39 is 7.38 Å². The lowest BCUT2D eigenvalue weighted by Crippen LogP contribution is -2.23. The first-order valence-electron chi connectivity index (χ1n) is 10.4. The van der Waals surface area contributed by atoms with Gasteiger partial charge in [0.1, 0.15) is 0 Å². The van der Waals surface area contributed by atoms with E-state index in [4.69, 9.17) is 11.1 Å². The minimum absolute atomic E-state index is 0.374. The minimum Gasteiger partial charge on any atom is -0.155 e. The van der Waals surface area contributed by atoms with Crippen molar-refractivity contribution in [3.05, 3.63) is 88.0 Å². The molecule has 0 saturated heterocycles. The van der Waals surface area contributed by atoms with Crippen LogP contribution in [0.25, 0.3) is 17.2 Å². The Morgan fingerprint density at radius 1 is 1.04 bits per heavy atom. The van der Waals surface area contributed by atoms with Crippen LogP contribution in [-0.4, -0.2) is 7.38 Å². The largest absolute Gasteiger partial charge is 0.217 e. The molecule has 3 aromatic carbocycles. The average Bonchev–Trinajstić information content (AvgIpc) is 3.00. The van der Waals surface area contributed by atoms with Crippen LogP contribution >= 0.6 is 11.1 Å². The lowest BCUT2D eigenvalue weighted by Gasteiger charge is -2.20. The van der Waals surface area contributed by atoms with Gasteiger partial charge in [-0.1, -0.05) is 79.6 Å². The maximum Gasteiger partial charge on any atom is 0.217 e. The normalized spacial score (nSPS) is 23.0. The van der Waals surface area contributed by atoms with E-state index in [9.17, 15) is 0 Å². The molecule has 2 heteroatoms. The summed E-state index contributed by atoms with van der Waals surface area (Å²) in [7, 11) is -1.93. The predicted octanol–water partition coefficient (Wildman–Crippen LogP) is 5.83. The Bertz CT molecular complexity index is 1190. The van der Waals surface area contributed by atoms with Crippen LogP contribution in [0.5, 0.6) is 0 Å². The summed E-state index contributed by atoms with van der Waals surface area (Å²) in [4.78, 5) is 0. The molecule has 2 aliphatic carbocycles. The number of fused-ring (bicyclic) bond motifs is 5. The fourth-order valence-electron chi connectivity index (χ4n) is 5.73. The van der Waals surface area contributed by atoms with Gasteiger partial charge in [-0.25, -0.2) is 0 Å². The van der Waals surface area contributed by atoms with Crippen molar-refractivity contribution in [2.24, 2.45) is 0 Å². The lowest BCUT2D eigenvalue weighted by molar-refractivity contribution is 0.965. The molecule has 3 aliphatic rings. The van der Waals surface area contributed by atoms with Crippen molar-refractivity contribution in [2.45, 2.75) is 38.7 Å². The van der Waals surface area contributed by atoms with E-state index in [1.165, 1.54) is 51.0 Å². The third-order valence-corrected chi connectivity index (χ3v) is 12.2. The van der Waals surface area contributed by atoms with Gasteiger partial charge in [0.05, 0.1) is 0 Å². The molecule has 0 spiro atoms. The Balaban J connectivity index is 1.63. The van der Waals surface area contributed by atoms with Gasteiger partial charge in [0.2, 0.25) is 7.38 Å². The smallest absolute Gasteiger partial charge is 0.155 e. The second kappa shape index (κ2) is 5.72. The monoisotopic (exact) mass is 398 g/mol. The van der Waals surface area contributed by atoms with Crippen LogP contribution in [0.2, 0.25) is 6.04 Å². The molecule has 0 bridgehead atoms. The van der Waals surface area contributed by atoms with Gasteiger partial charge in [-0.3, -0.25) is 0 Å². The van der Waals surface area contributed by atoms with E-state index in [0.29, 0.717) is 5.92 Å². The van der Waals surface area contributed by atoms with Crippen LogP contribution in [0.1, 0.15) is 54.0 Å². The third kappa shape index (κ3) is 2.07. The van der Waals surface area contributed by atoms with Gasteiger partial charge >= 0.3 is 0 Å². The number of benzene rings is 3. The highest BCUT2D eigenvalue weighted by Gasteiger charge is 2.55. The fraction of sp³-hybridized carbons (Fsp3) is 0.231. The van der Waals surface area contributed by atoms with Crippen LogP contribution in [0.3, 0.4) is 0 Å². The van der Waals surface area contributed by atoms with Gasteiger partial charge < -0.3 is 0 Å². The molecule has 3 aromatic rings. The van der Waals surface area contributed by atoms with Gasteiger partial charge in [-0.2, -0.15) is 11.1 Å². The third-order valence-electron chi connectivity index (χ3n) is 6.94. The molecular weight excluding hydrogens is 376 g/mol. The van der Waals surface area contributed by atoms with E-state index in [2.05, 4.69) is 74.5 Å². The Labute approximate surface area is 172 Å². The summed E-state index contributed by atoms with van der Waals surface area (Å²) in [6.07, 6.45) is 4.60. The fourth-order valence-corrected chi connectivity index (χ4v) is 11.1. The molecule has 138 valence electrons. The number of hydrogen-bond acceptors (Lipinski definition) is 0. The van der Waals surface area contributed by atoms with Gasteiger partial charge in [0.25, 0.3) is 0 Å². The highest BCUT2D eigenvalue weighted by molar-refractivity contribution is 7.44. The molecule has 1 aliphatic heterocycles. The SMILES string of the molecule is CCC[Si]1(Cl)c2cc3c(c(C4C(C)=Cc5ccccc54)c21)Cc1ccccc1-3. The summed E-state index contributed by atoms with van der Waals surface area (Å²) >= 11 is 7.37. The highest BCUT2D eigenvalue weighted by atomic mass is 35.6. The number of allylic oxidation sites excluding steroid dienone is 1. The van der Waals surface area contributed by atoms with Crippen LogP contribution in [0.15, 0.2) is 60.2 Å². The zero-order valence-corrected chi connectivity index (χ0v) is 18.1. The second-order valence-corrected chi connectivity index (χ2v) is 13.7. The summed E-state index contributed by atoms with van der Waals surface area (Å²) in [6.45, 7) is 4.58. The van der Waals surface area contributed by atoms with E-state index in [1.54, 1.807) is 16.3 Å². The van der Waals surface area contributed by atoms with Crippen molar-refractivity contribution in [2.75, 3.05) is 0 Å². The van der Waals surface area contributed by atoms with Crippen LogP contribution in [0.4, 0.5) is 0 Å². The predicted molar refractivity (Wildman–Crippen MR) is 123 cm³/mol. The molecule has 0 nitrogen and oxygen atoms in total. The minimum atomic E-state index is -1.93. The topological polar surface area (TPSA) is 0 Å². The summed E-state index contributed by atoms with van der Waals surface area (Å²) in [5.74, 6) is 0.374. The maximum atomic E-state index is 7.37. The number of hydrogen-bond donors (Lipinski definition) is 0. The molecule has 0 radical (unpaired) electrons. The molecule has 0 amide bonds. The molecule has 28 heavy (non-hydrogen) atoms. The van der Waals surface area contributed by atoms with E-state index in [0.717, 1.165) is 6.42 Å². The first kappa shape index (κ1) is 16.8. The van der Waals surface area contributed by atoms with E-state index >= 15 is 0 Å². The molecule has 0 N–H and O–H groups in total. The zero-order valence-electron chi connectivity index (χ0n) is 16.4. The number of rotatable bonds is 3. The first-order chi connectivity index (χ1) is 13.6. The van der Waals surface area contributed by atoms with Crippen molar-refractivity contribution in [1.29, 1.82) is 0 Å². The van der Waals surface area contributed by atoms with Crippen LogP contribution in [0, 0.1) is 0 Å². The molecule has 0 fully saturated rings. The molecule has 2 unspecified atom stereocenters. The van der Waals surface area contributed by atoms with Gasteiger partial charge in [0, 0.05) is 5.92 Å². The Hall–Kier alpha value is -2.09. The standard InChI is InChI=1S/C26H23ClSi/c1-3-12-28(27)23-15-21-19-10-6-4-9-18(19)14-22(21)25(26(23)28)24-16(2)13-17-8-5-7-11-20(17)24/h4-11,13,15,24H,3,12,14H2,1-2H3. The van der Waals surface area contributed by atoms with Crippen LogP contribution < -0.4 is 10.4 Å². The Kier molecular flexibility index (Phi) is 3.43. The summed E-state index contributed by atoms with van der Waals surface area (Å²) in [5.41, 5.74) is 11.8. The highest BCUT2D eigenvalue weighted by Crippen LogP contribution is 2.49. The zero-order chi connectivity index (χ0) is 19.0. The molecule has 1 heterocycles. The Morgan fingerprint density at radius 3 is 2.68 bits per heavy atom. The second-order valence-electron chi connectivity index (χ2n) is 8.57. The lowest BCUT2D eigenvalue weighted by atomic mass is 9.84. The van der Waals surface area contributed by atoms with Crippen molar-refractivity contribution >= 4 is 34.9 Å². The quantitative estimate of drug-likeness (QED) is 0.301. The van der Waals surface area contributed by atoms with Crippen molar-refractivity contribution in [1.82, 2.24) is 0 Å².